The number of benzene rings is 1. The molecule has 0 aliphatic rings. The van der Waals surface area contributed by atoms with Crippen LogP contribution in [0.4, 0.5) is 0 Å². The Hall–Kier alpha value is -1.87. The zero-order chi connectivity index (χ0) is 19.9. The van der Waals surface area contributed by atoms with E-state index >= 15 is 0 Å². The predicted octanol–water partition coefficient (Wildman–Crippen LogP) is 3.56. The van der Waals surface area contributed by atoms with E-state index in [0.29, 0.717) is 47.2 Å². The molecule has 0 radical (unpaired) electrons. The zero-order valence-electron chi connectivity index (χ0n) is 15.3. The van der Waals surface area contributed by atoms with Crippen LogP contribution in [0.15, 0.2) is 45.7 Å². The van der Waals surface area contributed by atoms with Gasteiger partial charge in [-0.05, 0) is 36.1 Å². The number of thioether (sulfide) groups is 1. The SMILES string of the molecule is COCCCn1c(SCC(=O)NCc2cccs2)nc2cc(Cl)ccc2c1=O. The fraction of sp³-hybridized carbons (Fsp3) is 0.316. The molecule has 6 nitrogen and oxygen atoms in total. The van der Waals surface area contributed by atoms with Crippen molar-refractivity contribution in [3.8, 4) is 0 Å². The topological polar surface area (TPSA) is 73.2 Å². The molecule has 9 heteroatoms. The second kappa shape index (κ2) is 10.1. The Kier molecular flexibility index (Phi) is 7.50. The third-order valence-electron chi connectivity index (χ3n) is 3.98. The number of methoxy groups -OCH3 is 1. The Balaban J connectivity index is 1.77. The maximum Gasteiger partial charge on any atom is 0.262 e. The van der Waals surface area contributed by atoms with Crippen LogP contribution in [0.5, 0.6) is 0 Å². The largest absolute Gasteiger partial charge is 0.385 e. The van der Waals surface area contributed by atoms with Crippen LogP contribution >= 0.6 is 34.7 Å². The maximum absolute atomic E-state index is 12.9. The van der Waals surface area contributed by atoms with Crippen molar-refractivity contribution in [1.29, 1.82) is 0 Å². The fourth-order valence-electron chi connectivity index (χ4n) is 2.63. The van der Waals surface area contributed by atoms with Crippen molar-refractivity contribution in [2.45, 2.75) is 24.7 Å². The smallest absolute Gasteiger partial charge is 0.262 e. The molecule has 0 saturated heterocycles. The molecular formula is C19H20ClN3O3S2. The number of fused-ring (bicyclic) bond motifs is 1. The summed E-state index contributed by atoms with van der Waals surface area (Å²) in [4.78, 5) is 30.8. The van der Waals surface area contributed by atoms with Gasteiger partial charge in [0.05, 0.1) is 23.2 Å². The van der Waals surface area contributed by atoms with E-state index in [1.54, 1.807) is 41.2 Å². The van der Waals surface area contributed by atoms with Gasteiger partial charge < -0.3 is 10.1 Å². The first-order valence-electron chi connectivity index (χ1n) is 8.69. The number of amides is 1. The van der Waals surface area contributed by atoms with Gasteiger partial charge in [-0.25, -0.2) is 4.98 Å². The monoisotopic (exact) mass is 437 g/mol. The number of nitrogens with one attached hydrogen (secondary N) is 1. The standard InChI is InChI=1S/C19H20ClN3O3S2/c1-26-8-3-7-23-18(25)15-6-5-13(20)10-16(15)22-19(23)28-12-17(24)21-11-14-4-2-9-27-14/h2,4-6,9-10H,3,7-8,11-12H2,1H3,(H,21,24). The molecule has 0 saturated carbocycles. The van der Waals surface area contributed by atoms with Crippen molar-refractivity contribution >= 4 is 51.5 Å². The molecule has 1 amide bonds. The number of ether oxygens (including phenoxy) is 1. The number of rotatable bonds is 9. The lowest BCUT2D eigenvalue weighted by molar-refractivity contribution is -0.118. The number of hydrogen-bond acceptors (Lipinski definition) is 6. The van der Waals surface area contributed by atoms with E-state index in [2.05, 4.69) is 10.3 Å². The van der Waals surface area contributed by atoms with Gasteiger partial charge >= 0.3 is 0 Å². The van der Waals surface area contributed by atoms with Crippen LogP contribution < -0.4 is 10.9 Å². The van der Waals surface area contributed by atoms with Gasteiger partial charge in [-0.3, -0.25) is 14.2 Å². The summed E-state index contributed by atoms with van der Waals surface area (Å²) in [6, 6.07) is 8.95. The lowest BCUT2D eigenvalue weighted by atomic mass is 10.2. The molecule has 0 atom stereocenters. The first-order chi connectivity index (χ1) is 13.6. The average molecular weight is 438 g/mol. The van der Waals surface area contributed by atoms with E-state index in [-0.39, 0.29) is 17.2 Å². The molecule has 1 N–H and O–H groups in total. The Morgan fingerprint density at radius 1 is 1.39 bits per heavy atom. The Labute approximate surface area is 175 Å². The summed E-state index contributed by atoms with van der Waals surface area (Å²) in [5.41, 5.74) is 0.390. The molecule has 3 aromatic rings. The summed E-state index contributed by atoms with van der Waals surface area (Å²) in [7, 11) is 1.62. The van der Waals surface area contributed by atoms with E-state index in [0.717, 1.165) is 4.88 Å². The van der Waals surface area contributed by atoms with Crippen molar-refractivity contribution in [2.24, 2.45) is 0 Å². The van der Waals surface area contributed by atoms with Crippen molar-refractivity contribution < 1.29 is 9.53 Å². The average Bonchev–Trinajstić information content (AvgIpc) is 3.20. The van der Waals surface area contributed by atoms with Gasteiger partial charge in [0.2, 0.25) is 5.91 Å². The van der Waals surface area contributed by atoms with E-state index in [1.807, 2.05) is 17.5 Å². The lowest BCUT2D eigenvalue weighted by Gasteiger charge is -2.13. The first kappa shape index (κ1) is 20.9. The van der Waals surface area contributed by atoms with Crippen LogP contribution in [-0.2, 0) is 22.6 Å². The molecule has 148 valence electrons. The summed E-state index contributed by atoms with van der Waals surface area (Å²) in [6.07, 6.45) is 0.676. The normalized spacial score (nSPS) is 11.1. The third kappa shape index (κ3) is 5.35. The van der Waals surface area contributed by atoms with Crippen LogP contribution in [0.25, 0.3) is 10.9 Å². The fourth-order valence-corrected chi connectivity index (χ4v) is 4.29. The molecule has 0 aliphatic heterocycles. The summed E-state index contributed by atoms with van der Waals surface area (Å²) < 4.78 is 6.69. The molecule has 0 fully saturated rings. The Bertz CT molecular complexity index is 1010. The van der Waals surface area contributed by atoms with Crippen LogP contribution in [0, 0.1) is 0 Å². The lowest BCUT2D eigenvalue weighted by Crippen LogP contribution is -2.27. The number of nitrogens with zero attached hydrogens (tertiary/aromatic N) is 2. The quantitative estimate of drug-likeness (QED) is 0.315. The Morgan fingerprint density at radius 2 is 2.25 bits per heavy atom. The van der Waals surface area contributed by atoms with Gasteiger partial charge in [0.1, 0.15) is 0 Å². The highest BCUT2D eigenvalue weighted by molar-refractivity contribution is 7.99. The van der Waals surface area contributed by atoms with E-state index in [9.17, 15) is 9.59 Å². The minimum Gasteiger partial charge on any atom is -0.385 e. The van der Waals surface area contributed by atoms with Crippen molar-refractivity contribution in [3.05, 3.63) is 56.0 Å². The van der Waals surface area contributed by atoms with E-state index < -0.39 is 0 Å². The zero-order valence-corrected chi connectivity index (χ0v) is 17.7. The molecule has 1 aromatic carbocycles. The van der Waals surface area contributed by atoms with E-state index in [4.69, 9.17) is 16.3 Å². The predicted molar refractivity (Wildman–Crippen MR) is 114 cm³/mol. The molecule has 0 spiro atoms. The highest BCUT2D eigenvalue weighted by Gasteiger charge is 2.14. The van der Waals surface area contributed by atoms with Gasteiger partial charge in [0.25, 0.3) is 5.56 Å². The molecule has 0 aliphatic carbocycles. The molecule has 0 bridgehead atoms. The van der Waals surface area contributed by atoms with Crippen LogP contribution in [-0.4, -0.2) is 34.9 Å². The second-order valence-electron chi connectivity index (χ2n) is 6.00. The minimum atomic E-state index is -0.140. The summed E-state index contributed by atoms with van der Waals surface area (Å²) >= 11 is 8.89. The molecule has 0 unspecified atom stereocenters. The van der Waals surface area contributed by atoms with Gasteiger partial charge in [-0.1, -0.05) is 29.4 Å². The second-order valence-corrected chi connectivity index (χ2v) is 8.41. The van der Waals surface area contributed by atoms with Gasteiger partial charge in [0.15, 0.2) is 5.16 Å². The maximum atomic E-state index is 12.9. The van der Waals surface area contributed by atoms with Crippen molar-refractivity contribution in [2.75, 3.05) is 19.5 Å². The summed E-state index contributed by atoms with van der Waals surface area (Å²) in [5, 5.41) is 6.38. The number of carbonyl (C=O) groups is 1. The van der Waals surface area contributed by atoms with Gasteiger partial charge in [-0.2, -0.15) is 0 Å². The van der Waals surface area contributed by atoms with E-state index in [1.165, 1.54) is 11.8 Å². The van der Waals surface area contributed by atoms with Crippen LogP contribution in [0.1, 0.15) is 11.3 Å². The van der Waals surface area contributed by atoms with Gasteiger partial charge in [-0.15, -0.1) is 11.3 Å². The molecule has 2 aromatic heterocycles. The number of halogens is 1. The third-order valence-corrected chi connectivity index (χ3v) is 6.07. The van der Waals surface area contributed by atoms with Crippen LogP contribution in [0.3, 0.4) is 0 Å². The minimum absolute atomic E-state index is 0.109. The summed E-state index contributed by atoms with van der Waals surface area (Å²) in [6.45, 7) is 1.51. The van der Waals surface area contributed by atoms with Crippen molar-refractivity contribution in [1.82, 2.24) is 14.9 Å². The number of thiophene rings is 1. The number of aromatic nitrogens is 2. The number of hydrogen-bond donors (Lipinski definition) is 1. The molecule has 2 heterocycles. The molecule has 3 rings (SSSR count). The highest BCUT2D eigenvalue weighted by Crippen LogP contribution is 2.21. The Morgan fingerprint density at radius 3 is 3.00 bits per heavy atom. The summed E-state index contributed by atoms with van der Waals surface area (Å²) in [5.74, 6) is 0.0658. The first-order valence-corrected chi connectivity index (χ1v) is 10.9. The highest BCUT2D eigenvalue weighted by atomic mass is 35.5. The number of carbonyl (C=O) groups excluding carboxylic acids is 1. The van der Waals surface area contributed by atoms with Gasteiger partial charge in [0, 0.05) is 30.2 Å². The molecular weight excluding hydrogens is 418 g/mol. The van der Waals surface area contributed by atoms with Crippen LogP contribution in [0.2, 0.25) is 5.02 Å². The van der Waals surface area contributed by atoms with Crippen molar-refractivity contribution in [3.63, 3.8) is 0 Å². The molecule has 28 heavy (non-hydrogen) atoms.